The Morgan fingerprint density at radius 1 is 1.21 bits per heavy atom. The fourth-order valence-corrected chi connectivity index (χ4v) is 5.74. The van der Waals surface area contributed by atoms with Crippen molar-refractivity contribution in [3.63, 3.8) is 0 Å². The number of aromatic amines is 1. The van der Waals surface area contributed by atoms with Crippen LogP contribution >= 0.6 is 22.9 Å². The number of aliphatic carboxylic acids is 1. The molecule has 39 heavy (non-hydrogen) atoms. The van der Waals surface area contributed by atoms with Crippen molar-refractivity contribution in [3.05, 3.63) is 85.7 Å². The van der Waals surface area contributed by atoms with Gasteiger partial charge < -0.3 is 20.6 Å². The third-order valence-corrected chi connectivity index (χ3v) is 7.95. The van der Waals surface area contributed by atoms with Gasteiger partial charge in [0.25, 0.3) is 17.7 Å². The van der Waals surface area contributed by atoms with Gasteiger partial charge in [0.05, 0.1) is 27.2 Å². The fourth-order valence-electron chi connectivity index (χ4n) is 4.65. The van der Waals surface area contributed by atoms with Crippen LogP contribution in [0.25, 0.3) is 10.9 Å². The number of amides is 3. The molecular formula is C27H24ClN5O5S. The molecule has 0 spiro atoms. The lowest BCUT2D eigenvalue weighted by Gasteiger charge is -2.31. The minimum absolute atomic E-state index is 0.123. The van der Waals surface area contributed by atoms with E-state index in [-0.39, 0.29) is 23.0 Å². The average Bonchev–Trinajstić information content (AvgIpc) is 3.62. The number of hydrogen-bond donors (Lipinski definition) is 4. The summed E-state index contributed by atoms with van der Waals surface area (Å²) in [5.74, 6) is -2.48. The minimum atomic E-state index is -1.35. The third kappa shape index (κ3) is 5.36. The maximum absolute atomic E-state index is 13.2. The van der Waals surface area contributed by atoms with Gasteiger partial charge in [0.2, 0.25) is 0 Å². The molecule has 0 saturated heterocycles. The highest BCUT2D eigenvalue weighted by atomic mass is 35.5. The van der Waals surface area contributed by atoms with Crippen LogP contribution in [0.1, 0.15) is 47.1 Å². The molecule has 4 aromatic rings. The summed E-state index contributed by atoms with van der Waals surface area (Å²) in [5, 5.41) is 24.4. The number of aryl methyl sites for hydroxylation is 1. The first-order valence-electron chi connectivity index (χ1n) is 12.1. The lowest BCUT2D eigenvalue weighted by molar-refractivity contribution is -0.139. The van der Waals surface area contributed by atoms with Gasteiger partial charge in [-0.25, -0.2) is 4.79 Å². The molecule has 2 aromatic carbocycles. The Labute approximate surface area is 232 Å². The Balaban J connectivity index is 1.30. The van der Waals surface area contributed by atoms with E-state index in [0.29, 0.717) is 35.5 Å². The smallest absolute Gasteiger partial charge is 0.328 e. The number of rotatable bonds is 7. The number of carbonyl (C=O) groups is 4. The fraction of sp³-hybridized carbons (Fsp3) is 0.222. The van der Waals surface area contributed by atoms with Crippen LogP contribution in [0.2, 0.25) is 5.02 Å². The van der Waals surface area contributed by atoms with Crippen LogP contribution in [0.15, 0.2) is 48.0 Å². The second-order valence-electron chi connectivity index (χ2n) is 9.22. The van der Waals surface area contributed by atoms with Crippen molar-refractivity contribution in [2.24, 2.45) is 0 Å². The number of H-pyrrole nitrogens is 1. The second kappa shape index (κ2) is 10.9. The molecule has 0 radical (unpaired) electrons. The lowest BCUT2D eigenvalue weighted by Crippen LogP contribution is -2.48. The Kier molecular flexibility index (Phi) is 7.36. The molecule has 0 unspecified atom stereocenters. The molecule has 1 aliphatic heterocycles. The summed E-state index contributed by atoms with van der Waals surface area (Å²) >= 11 is 7.92. The molecule has 4 N–H and O–H groups in total. The number of nitrogens with zero attached hydrogens (tertiary/aromatic N) is 2. The number of hydrogen-bond acceptors (Lipinski definition) is 6. The Morgan fingerprint density at radius 3 is 2.77 bits per heavy atom. The minimum Gasteiger partial charge on any atom is -0.480 e. The van der Waals surface area contributed by atoms with Crippen molar-refractivity contribution in [3.8, 4) is 0 Å². The molecule has 0 saturated carbocycles. The van der Waals surface area contributed by atoms with Gasteiger partial charge in [0, 0.05) is 30.6 Å². The van der Waals surface area contributed by atoms with E-state index < -0.39 is 23.8 Å². The molecule has 0 fully saturated rings. The van der Waals surface area contributed by atoms with E-state index in [1.165, 1.54) is 11.3 Å². The molecule has 10 nitrogen and oxygen atoms in total. The number of carbonyl (C=O) groups excluding carboxylic acids is 3. The molecule has 12 heteroatoms. The highest BCUT2D eigenvalue weighted by Gasteiger charge is 2.29. The lowest BCUT2D eigenvalue weighted by atomic mass is 9.93. The maximum Gasteiger partial charge on any atom is 0.328 e. The number of fused-ring (bicyclic) bond motifs is 2. The number of carboxylic acids is 1. The summed E-state index contributed by atoms with van der Waals surface area (Å²) in [6.07, 6.45) is 2.13. The molecule has 200 valence electrons. The Bertz CT molecular complexity index is 1600. The summed E-state index contributed by atoms with van der Waals surface area (Å²) in [4.78, 5) is 52.5. The normalized spacial score (nSPS) is 13.5. The van der Waals surface area contributed by atoms with Crippen molar-refractivity contribution in [2.75, 3.05) is 13.1 Å². The van der Waals surface area contributed by atoms with Gasteiger partial charge in [0.15, 0.2) is 0 Å². The highest BCUT2D eigenvalue weighted by molar-refractivity contribution is 7.12. The first-order chi connectivity index (χ1) is 18.7. The van der Waals surface area contributed by atoms with Gasteiger partial charge in [0.1, 0.15) is 6.04 Å². The Hall–Kier alpha value is -4.22. The largest absolute Gasteiger partial charge is 0.480 e. The maximum atomic E-state index is 13.2. The van der Waals surface area contributed by atoms with E-state index in [0.717, 1.165) is 22.0 Å². The van der Waals surface area contributed by atoms with Crippen LogP contribution in [-0.2, 0) is 17.8 Å². The van der Waals surface area contributed by atoms with Crippen LogP contribution in [0.5, 0.6) is 0 Å². The molecule has 0 bridgehead atoms. The second-order valence-corrected chi connectivity index (χ2v) is 10.5. The number of thiophene rings is 1. The summed E-state index contributed by atoms with van der Waals surface area (Å²) in [6.45, 7) is 2.15. The van der Waals surface area contributed by atoms with Crippen molar-refractivity contribution < 1.29 is 24.3 Å². The van der Waals surface area contributed by atoms with Crippen molar-refractivity contribution in [2.45, 2.75) is 25.9 Å². The molecular weight excluding hydrogens is 542 g/mol. The van der Waals surface area contributed by atoms with Gasteiger partial charge in [-0.15, -0.1) is 11.3 Å². The SMILES string of the molecule is Cc1cc2c(c(Cl)c1C(=O)N[C@@H](CNC(=O)c1cccs1)C(=O)O)CCN(C(=O)c1ccc3cn[nH]c3c1)C2. The molecule has 2 aromatic heterocycles. The van der Waals surface area contributed by atoms with Crippen molar-refractivity contribution in [1.82, 2.24) is 25.7 Å². The number of benzene rings is 2. The topological polar surface area (TPSA) is 144 Å². The van der Waals surface area contributed by atoms with E-state index >= 15 is 0 Å². The van der Waals surface area contributed by atoms with E-state index in [1.807, 2.05) is 12.1 Å². The highest BCUT2D eigenvalue weighted by Crippen LogP contribution is 2.32. The number of nitrogens with one attached hydrogen (secondary N) is 3. The molecule has 1 atom stereocenters. The van der Waals surface area contributed by atoms with Gasteiger partial charge in [-0.2, -0.15) is 5.10 Å². The standard InChI is InChI=1S/C27H24ClN5O5S/c1-14-9-17-13-33(26(36)15-4-5-16-11-30-32-19(16)10-15)7-6-18(17)23(28)22(14)25(35)31-20(27(37)38)12-29-24(34)21-3-2-8-39-21/h2-5,8-11,20H,6-7,12-13H2,1H3,(H,29,34)(H,30,32)(H,31,35)(H,37,38)/t20-/m0/s1. The molecule has 3 heterocycles. The summed E-state index contributed by atoms with van der Waals surface area (Å²) in [7, 11) is 0. The number of halogens is 1. The zero-order chi connectivity index (χ0) is 27.7. The van der Waals surface area contributed by atoms with E-state index in [9.17, 15) is 24.3 Å². The van der Waals surface area contributed by atoms with Crippen LogP contribution < -0.4 is 10.6 Å². The Morgan fingerprint density at radius 2 is 2.03 bits per heavy atom. The predicted molar refractivity (Wildman–Crippen MR) is 146 cm³/mol. The quantitative estimate of drug-likeness (QED) is 0.270. The third-order valence-electron chi connectivity index (χ3n) is 6.67. The molecule has 5 rings (SSSR count). The van der Waals surface area contributed by atoms with Crippen molar-refractivity contribution >= 4 is 57.5 Å². The van der Waals surface area contributed by atoms with Crippen LogP contribution in [0, 0.1) is 6.92 Å². The van der Waals surface area contributed by atoms with E-state index in [4.69, 9.17) is 11.6 Å². The van der Waals surface area contributed by atoms with Crippen LogP contribution in [-0.4, -0.2) is 63.0 Å². The van der Waals surface area contributed by atoms with Crippen LogP contribution in [0.3, 0.4) is 0 Å². The van der Waals surface area contributed by atoms with Crippen molar-refractivity contribution in [1.29, 1.82) is 0 Å². The van der Waals surface area contributed by atoms with Crippen LogP contribution in [0.4, 0.5) is 0 Å². The van der Waals surface area contributed by atoms with E-state index in [1.54, 1.807) is 47.7 Å². The molecule has 3 amide bonds. The first kappa shape index (κ1) is 26.4. The van der Waals surface area contributed by atoms with E-state index in [2.05, 4.69) is 20.8 Å². The average molecular weight is 566 g/mol. The van der Waals surface area contributed by atoms with Gasteiger partial charge in [-0.05, 0) is 53.6 Å². The predicted octanol–water partition coefficient (Wildman–Crippen LogP) is 3.40. The monoisotopic (exact) mass is 565 g/mol. The first-order valence-corrected chi connectivity index (χ1v) is 13.4. The number of aromatic nitrogens is 2. The zero-order valence-electron chi connectivity index (χ0n) is 20.8. The summed E-state index contributed by atoms with van der Waals surface area (Å²) < 4.78 is 0. The van der Waals surface area contributed by atoms with Gasteiger partial charge in [-0.3, -0.25) is 19.5 Å². The van der Waals surface area contributed by atoms with Gasteiger partial charge in [-0.1, -0.05) is 29.8 Å². The number of carboxylic acid groups (broad SMARTS) is 1. The molecule has 0 aliphatic carbocycles. The summed E-state index contributed by atoms with van der Waals surface area (Å²) in [6, 6.07) is 9.17. The van der Waals surface area contributed by atoms with Gasteiger partial charge >= 0.3 is 5.97 Å². The molecule has 1 aliphatic rings. The zero-order valence-corrected chi connectivity index (χ0v) is 22.4. The summed E-state index contributed by atoms with van der Waals surface area (Å²) in [5.41, 5.74) is 3.62.